The lowest BCUT2D eigenvalue weighted by atomic mass is 9.87. The van der Waals surface area contributed by atoms with Crippen molar-refractivity contribution in [3.05, 3.63) is 110 Å². The van der Waals surface area contributed by atoms with Crippen LogP contribution in [0.15, 0.2) is 78.9 Å². The normalized spacial score (nSPS) is 16.0. The van der Waals surface area contributed by atoms with Gasteiger partial charge in [-0.1, -0.05) is 54.1 Å². The molecular formula is C38H40ClN3O10S2. The largest absolute Gasteiger partial charge is 0.479 e. The van der Waals surface area contributed by atoms with Gasteiger partial charge in [0.05, 0.1) is 15.6 Å². The number of rotatable bonds is 12. The molecule has 0 radical (unpaired) electrons. The summed E-state index contributed by atoms with van der Waals surface area (Å²) < 4.78 is 40.1. The molecule has 1 N–H and O–H groups in total. The van der Waals surface area contributed by atoms with Gasteiger partial charge in [0.1, 0.15) is 10.6 Å². The second kappa shape index (κ2) is 15.9. The smallest absolute Gasteiger partial charge is 0.352 e. The Labute approximate surface area is 322 Å². The fourth-order valence-electron chi connectivity index (χ4n) is 6.45. The lowest BCUT2D eigenvalue weighted by molar-refractivity contribution is -0.384. The quantitative estimate of drug-likeness (QED) is 0.0846. The van der Waals surface area contributed by atoms with Crippen LogP contribution in [0.3, 0.4) is 0 Å². The third-order valence-corrected chi connectivity index (χ3v) is 12.3. The van der Waals surface area contributed by atoms with Crippen molar-refractivity contribution < 1.29 is 42.3 Å². The predicted molar refractivity (Wildman–Crippen MR) is 206 cm³/mol. The molecule has 16 heteroatoms. The highest BCUT2D eigenvalue weighted by Gasteiger charge is 2.44. The van der Waals surface area contributed by atoms with Crippen molar-refractivity contribution in [1.29, 1.82) is 0 Å². The number of esters is 1. The molecule has 1 aliphatic rings. The van der Waals surface area contributed by atoms with Gasteiger partial charge in [-0.15, -0.1) is 11.3 Å². The molecule has 5 rings (SSSR count). The standard InChI is InChI=1S/C38H40ClN3O10S2/c1-37(2,3)52-36(46)34-32(51-22-30(43)44)31(39)33(53-34)26-14-10-15-27(20-26)41(35(45)25-12-7-6-8-13-25)29-17-18-40(38(4,5)21-29)54(49,50)23-24-11-9-16-28(19-24)42(47)48/h6-16,19-20,29H,17-18,21-23H2,1-5H3,(H,43,44). The lowest BCUT2D eigenvalue weighted by Gasteiger charge is -2.47. The number of piperidine rings is 1. The van der Waals surface area contributed by atoms with Gasteiger partial charge in [0, 0.05) is 41.5 Å². The van der Waals surface area contributed by atoms with Gasteiger partial charge in [-0.25, -0.2) is 18.0 Å². The molecular weight excluding hydrogens is 758 g/mol. The number of halogens is 1. The Balaban J connectivity index is 1.52. The molecule has 54 heavy (non-hydrogen) atoms. The van der Waals surface area contributed by atoms with E-state index in [0.29, 0.717) is 27.3 Å². The van der Waals surface area contributed by atoms with Gasteiger partial charge in [-0.2, -0.15) is 4.31 Å². The SMILES string of the molecule is CC(C)(C)OC(=O)c1sc(-c2cccc(N(C(=O)c3ccccc3)C3CCN(S(=O)(=O)Cc4cccc([N+](=O)[O-])c4)C(C)(C)C3)c2)c(Cl)c1OCC(=O)O. The van der Waals surface area contributed by atoms with Crippen LogP contribution >= 0.6 is 22.9 Å². The summed E-state index contributed by atoms with van der Waals surface area (Å²) in [5.41, 5.74) is -0.338. The second-order valence-electron chi connectivity index (χ2n) is 14.4. The van der Waals surface area contributed by atoms with Crippen LogP contribution in [-0.4, -0.2) is 70.9 Å². The first-order valence-corrected chi connectivity index (χ1v) is 19.7. The summed E-state index contributed by atoms with van der Waals surface area (Å²) in [7, 11) is -3.94. The van der Waals surface area contributed by atoms with Crippen molar-refractivity contribution in [2.24, 2.45) is 0 Å². The minimum absolute atomic E-state index is 0.00333. The number of nitro groups is 1. The number of ether oxygens (including phenoxy) is 2. The van der Waals surface area contributed by atoms with E-state index in [1.54, 1.807) is 94.1 Å². The van der Waals surface area contributed by atoms with Crippen LogP contribution in [0.2, 0.25) is 5.02 Å². The summed E-state index contributed by atoms with van der Waals surface area (Å²) in [5, 5.41) is 20.6. The number of carbonyl (C=O) groups excluding carboxylic acids is 2. The highest BCUT2D eigenvalue weighted by atomic mass is 35.5. The van der Waals surface area contributed by atoms with Gasteiger partial charge in [-0.3, -0.25) is 14.9 Å². The third kappa shape index (κ3) is 9.27. The summed E-state index contributed by atoms with van der Waals surface area (Å²) in [6, 6.07) is 20.7. The first-order valence-electron chi connectivity index (χ1n) is 16.9. The molecule has 1 aromatic heterocycles. The summed E-state index contributed by atoms with van der Waals surface area (Å²) in [5.74, 6) is -2.89. The van der Waals surface area contributed by atoms with E-state index < -0.39 is 56.4 Å². The fourth-order valence-corrected chi connectivity index (χ4v) is 9.86. The van der Waals surface area contributed by atoms with Crippen molar-refractivity contribution in [3.8, 4) is 16.2 Å². The lowest BCUT2D eigenvalue weighted by Crippen LogP contribution is -2.58. The van der Waals surface area contributed by atoms with E-state index in [2.05, 4.69) is 0 Å². The number of nitrogens with zero attached hydrogens (tertiary/aromatic N) is 3. The number of sulfonamides is 1. The number of hydrogen-bond donors (Lipinski definition) is 1. The molecule has 0 saturated carbocycles. The van der Waals surface area contributed by atoms with Crippen molar-refractivity contribution in [3.63, 3.8) is 0 Å². The Hall–Kier alpha value is -4.83. The number of benzene rings is 3. The van der Waals surface area contributed by atoms with Crippen LogP contribution in [0.4, 0.5) is 11.4 Å². The summed E-state index contributed by atoms with van der Waals surface area (Å²) in [6.45, 7) is 7.98. The molecule has 1 atom stereocenters. The molecule has 1 aliphatic heterocycles. The number of carboxylic acid groups (broad SMARTS) is 1. The molecule has 0 aliphatic carbocycles. The van der Waals surface area contributed by atoms with E-state index in [-0.39, 0.29) is 46.6 Å². The number of carbonyl (C=O) groups is 3. The van der Waals surface area contributed by atoms with E-state index in [1.165, 1.54) is 28.6 Å². The summed E-state index contributed by atoms with van der Waals surface area (Å²) in [4.78, 5) is 51.7. The highest BCUT2D eigenvalue weighted by Crippen LogP contribution is 2.47. The average Bonchev–Trinajstić information content (AvgIpc) is 3.42. The minimum Gasteiger partial charge on any atom is -0.479 e. The van der Waals surface area contributed by atoms with Crippen LogP contribution < -0.4 is 9.64 Å². The van der Waals surface area contributed by atoms with Crippen LogP contribution in [-0.2, 0) is 25.3 Å². The molecule has 13 nitrogen and oxygen atoms in total. The van der Waals surface area contributed by atoms with Crippen molar-refractivity contribution in [1.82, 2.24) is 4.31 Å². The average molecular weight is 798 g/mol. The molecule has 286 valence electrons. The van der Waals surface area contributed by atoms with Crippen LogP contribution in [0.5, 0.6) is 5.75 Å². The number of nitro benzene ring substituents is 1. The Morgan fingerprint density at radius 3 is 2.37 bits per heavy atom. The maximum atomic E-state index is 14.4. The van der Waals surface area contributed by atoms with Crippen LogP contribution in [0, 0.1) is 10.1 Å². The zero-order valence-corrected chi connectivity index (χ0v) is 32.7. The Morgan fingerprint density at radius 2 is 1.74 bits per heavy atom. The molecule has 1 saturated heterocycles. The number of aliphatic carboxylic acids is 1. The number of hydrogen-bond acceptors (Lipinski definition) is 10. The minimum atomic E-state index is -3.94. The first kappa shape index (κ1) is 40.4. The van der Waals surface area contributed by atoms with Gasteiger partial charge < -0.3 is 19.5 Å². The van der Waals surface area contributed by atoms with Crippen molar-refractivity contribution in [2.45, 2.75) is 70.4 Å². The van der Waals surface area contributed by atoms with E-state index in [0.717, 1.165) is 11.3 Å². The molecule has 3 aromatic carbocycles. The molecule has 0 bridgehead atoms. The van der Waals surface area contributed by atoms with Crippen molar-refractivity contribution >= 4 is 62.2 Å². The molecule has 2 heterocycles. The van der Waals surface area contributed by atoms with E-state index in [4.69, 9.17) is 21.1 Å². The zero-order valence-electron chi connectivity index (χ0n) is 30.3. The maximum Gasteiger partial charge on any atom is 0.352 e. The van der Waals surface area contributed by atoms with Gasteiger partial charge in [0.15, 0.2) is 17.2 Å². The number of anilines is 1. The second-order valence-corrected chi connectivity index (χ2v) is 17.7. The molecule has 1 unspecified atom stereocenters. The van der Waals surface area contributed by atoms with Gasteiger partial charge in [0.25, 0.3) is 11.6 Å². The highest BCUT2D eigenvalue weighted by molar-refractivity contribution is 7.88. The van der Waals surface area contributed by atoms with E-state index in [1.807, 2.05) is 0 Å². The van der Waals surface area contributed by atoms with Gasteiger partial charge in [0.2, 0.25) is 10.0 Å². The predicted octanol–water partition coefficient (Wildman–Crippen LogP) is 7.82. The third-order valence-electron chi connectivity index (χ3n) is 8.61. The number of non-ortho nitro benzene ring substituents is 1. The summed E-state index contributed by atoms with van der Waals surface area (Å²) >= 11 is 7.76. The van der Waals surface area contributed by atoms with E-state index in [9.17, 15) is 38.0 Å². The topological polar surface area (TPSA) is 174 Å². The number of carboxylic acids is 1. The number of thiophene rings is 1. The Kier molecular flexibility index (Phi) is 11.9. The molecule has 1 fully saturated rings. The first-order chi connectivity index (χ1) is 25.3. The Bertz CT molecular complexity index is 2180. The number of amides is 1. The maximum absolute atomic E-state index is 14.4. The van der Waals surface area contributed by atoms with Crippen LogP contribution in [0.1, 0.15) is 73.1 Å². The van der Waals surface area contributed by atoms with Crippen molar-refractivity contribution in [2.75, 3.05) is 18.1 Å². The molecule has 4 aromatic rings. The fraction of sp³-hybridized carbons (Fsp3) is 0.342. The summed E-state index contributed by atoms with van der Waals surface area (Å²) in [6.07, 6.45) is 0.524. The van der Waals surface area contributed by atoms with Gasteiger partial charge >= 0.3 is 11.9 Å². The zero-order chi connectivity index (χ0) is 39.6. The van der Waals surface area contributed by atoms with Crippen LogP contribution in [0.25, 0.3) is 10.4 Å². The monoisotopic (exact) mass is 797 g/mol. The molecule has 0 spiro atoms. The van der Waals surface area contributed by atoms with Gasteiger partial charge in [-0.05, 0) is 82.9 Å². The van der Waals surface area contributed by atoms with E-state index >= 15 is 0 Å². The molecule has 1 amide bonds. The Morgan fingerprint density at radius 1 is 1.06 bits per heavy atom.